The summed E-state index contributed by atoms with van der Waals surface area (Å²) in [6.07, 6.45) is 2.08. The van der Waals surface area contributed by atoms with Gasteiger partial charge in [-0.25, -0.2) is 13.1 Å². The van der Waals surface area contributed by atoms with Crippen molar-refractivity contribution >= 4 is 21.4 Å². The summed E-state index contributed by atoms with van der Waals surface area (Å²) in [4.78, 5) is 0. The van der Waals surface area contributed by atoms with Gasteiger partial charge in [0.05, 0.1) is 6.61 Å². The van der Waals surface area contributed by atoms with Gasteiger partial charge in [0.1, 0.15) is 4.21 Å². The lowest BCUT2D eigenvalue weighted by molar-refractivity contribution is 0.136. The standard InChI is InChI=1S/C14H26N2O3S2/c1-4-5-7-19-8-6-16-21(17,18)14-9-13(11-20-14)10-15-12(2)3/h9,11-12,15-16H,4-8,10H2,1-3H3. The number of nitrogens with one attached hydrogen (secondary N) is 2. The predicted molar refractivity (Wildman–Crippen MR) is 87.2 cm³/mol. The van der Waals surface area contributed by atoms with Crippen molar-refractivity contribution in [2.24, 2.45) is 0 Å². The molecule has 1 aromatic heterocycles. The molecule has 0 aliphatic heterocycles. The van der Waals surface area contributed by atoms with Gasteiger partial charge < -0.3 is 10.1 Å². The number of thiophene rings is 1. The van der Waals surface area contributed by atoms with Crippen molar-refractivity contribution in [2.75, 3.05) is 19.8 Å². The smallest absolute Gasteiger partial charge is 0.250 e. The van der Waals surface area contributed by atoms with E-state index in [4.69, 9.17) is 4.74 Å². The number of sulfonamides is 1. The lowest BCUT2D eigenvalue weighted by atomic mass is 10.3. The summed E-state index contributed by atoms with van der Waals surface area (Å²) in [6, 6.07) is 2.10. The van der Waals surface area contributed by atoms with Crippen molar-refractivity contribution < 1.29 is 13.2 Å². The third-order valence-corrected chi connectivity index (χ3v) is 5.74. The molecule has 1 heterocycles. The maximum atomic E-state index is 12.1. The highest BCUT2D eigenvalue weighted by molar-refractivity contribution is 7.91. The van der Waals surface area contributed by atoms with Gasteiger partial charge >= 0.3 is 0 Å². The highest BCUT2D eigenvalue weighted by Crippen LogP contribution is 2.20. The van der Waals surface area contributed by atoms with Gasteiger partial charge in [0, 0.05) is 25.7 Å². The molecular weight excluding hydrogens is 308 g/mol. The molecule has 7 heteroatoms. The summed E-state index contributed by atoms with van der Waals surface area (Å²) in [5.74, 6) is 0. The largest absolute Gasteiger partial charge is 0.380 e. The monoisotopic (exact) mass is 334 g/mol. The quantitative estimate of drug-likeness (QED) is 0.610. The minimum atomic E-state index is -3.41. The molecule has 0 unspecified atom stereocenters. The summed E-state index contributed by atoms with van der Waals surface area (Å²) in [7, 11) is -3.41. The molecule has 1 rings (SSSR count). The van der Waals surface area contributed by atoms with Crippen molar-refractivity contribution in [3.05, 3.63) is 17.0 Å². The molecule has 0 spiro atoms. The molecule has 5 nitrogen and oxygen atoms in total. The Morgan fingerprint density at radius 2 is 2.10 bits per heavy atom. The van der Waals surface area contributed by atoms with Gasteiger partial charge in [0.25, 0.3) is 0 Å². The molecule has 0 saturated heterocycles. The molecule has 0 bridgehead atoms. The zero-order chi connectivity index (χ0) is 15.7. The maximum absolute atomic E-state index is 12.1. The highest BCUT2D eigenvalue weighted by atomic mass is 32.2. The number of unbranched alkanes of at least 4 members (excludes halogenated alkanes) is 1. The Bertz CT molecular complexity index is 498. The van der Waals surface area contributed by atoms with E-state index < -0.39 is 10.0 Å². The van der Waals surface area contributed by atoms with Crippen LogP contribution >= 0.6 is 11.3 Å². The first-order valence-corrected chi connectivity index (χ1v) is 9.70. The predicted octanol–water partition coefficient (Wildman–Crippen LogP) is 2.34. The van der Waals surface area contributed by atoms with Crippen LogP contribution in [0.15, 0.2) is 15.7 Å². The van der Waals surface area contributed by atoms with Crippen molar-refractivity contribution in [3.63, 3.8) is 0 Å². The zero-order valence-corrected chi connectivity index (χ0v) is 14.6. The lowest BCUT2D eigenvalue weighted by Gasteiger charge is -2.06. The van der Waals surface area contributed by atoms with Crippen LogP contribution in [0.25, 0.3) is 0 Å². The van der Waals surface area contributed by atoms with Crippen molar-refractivity contribution in [1.29, 1.82) is 0 Å². The first-order valence-electron chi connectivity index (χ1n) is 7.34. The summed E-state index contributed by atoms with van der Waals surface area (Å²) in [6.45, 7) is 8.30. The van der Waals surface area contributed by atoms with Crippen LogP contribution in [0.3, 0.4) is 0 Å². The summed E-state index contributed by atoms with van der Waals surface area (Å²) in [5.41, 5.74) is 0.994. The van der Waals surface area contributed by atoms with E-state index in [0.29, 0.717) is 36.6 Å². The van der Waals surface area contributed by atoms with Gasteiger partial charge in [0.15, 0.2) is 0 Å². The van der Waals surface area contributed by atoms with E-state index in [-0.39, 0.29) is 0 Å². The molecule has 1 aromatic rings. The average molecular weight is 335 g/mol. The van der Waals surface area contributed by atoms with Gasteiger partial charge in [0.2, 0.25) is 10.0 Å². The number of hydrogen-bond acceptors (Lipinski definition) is 5. The highest BCUT2D eigenvalue weighted by Gasteiger charge is 2.16. The van der Waals surface area contributed by atoms with E-state index in [1.165, 1.54) is 11.3 Å². The normalized spacial score (nSPS) is 12.2. The van der Waals surface area contributed by atoms with Gasteiger partial charge in [-0.2, -0.15) is 0 Å². The second-order valence-corrected chi connectivity index (χ2v) is 8.08. The van der Waals surface area contributed by atoms with Crippen molar-refractivity contribution in [1.82, 2.24) is 10.0 Å². The molecule has 0 radical (unpaired) electrons. The summed E-state index contributed by atoms with van der Waals surface area (Å²) < 4.78 is 32.5. The molecule has 2 N–H and O–H groups in total. The zero-order valence-electron chi connectivity index (χ0n) is 13.0. The first-order chi connectivity index (χ1) is 9.95. The molecule has 0 fully saturated rings. The van der Waals surface area contributed by atoms with Gasteiger partial charge in [-0.15, -0.1) is 11.3 Å². The lowest BCUT2D eigenvalue weighted by Crippen LogP contribution is -2.27. The van der Waals surface area contributed by atoms with Crippen molar-refractivity contribution in [3.8, 4) is 0 Å². The molecule has 0 aromatic carbocycles. The third kappa shape index (κ3) is 7.37. The van der Waals surface area contributed by atoms with E-state index in [1.807, 2.05) is 5.38 Å². The van der Waals surface area contributed by atoms with Crippen LogP contribution in [0.1, 0.15) is 39.2 Å². The minimum absolute atomic E-state index is 0.309. The average Bonchev–Trinajstić information content (AvgIpc) is 2.90. The second-order valence-electron chi connectivity index (χ2n) is 5.17. The van der Waals surface area contributed by atoms with E-state index in [9.17, 15) is 8.42 Å². The number of rotatable bonds is 11. The van der Waals surface area contributed by atoms with Crippen LogP contribution in [-0.2, 0) is 21.3 Å². The Labute approximate surface area is 132 Å². The van der Waals surface area contributed by atoms with Crippen LogP contribution in [0, 0.1) is 0 Å². The molecule has 0 atom stereocenters. The SMILES string of the molecule is CCCCOCCNS(=O)(=O)c1cc(CNC(C)C)cs1. The molecule has 122 valence electrons. The van der Waals surface area contributed by atoms with E-state index in [2.05, 4.69) is 30.8 Å². The second kappa shape index (κ2) is 9.53. The van der Waals surface area contributed by atoms with Crippen molar-refractivity contribution in [2.45, 2.75) is 50.4 Å². The van der Waals surface area contributed by atoms with Gasteiger partial charge in [-0.3, -0.25) is 0 Å². The van der Waals surface area contributed by atoms with Crippen LogP contribution in [0.2, 0.25) is 0 Å². The molecular formula is C14H26N2O3S2. The van der Waals surface area contributed by atoms with Gasteiger partial charge in [-0.1, -0.05) is 27.2 Å². The first kappa shape index (κ1) is 18.6. The number of ether oxygens (including phenoxy) is 1. The Morgan fingerprint density at radius 1 is 1.33 bits per heavy atom. The minimum Gasteiger partial charge on any atom is -0.380 e. The van der Waals surface area contributed by atoms with Gasteiger partial charge in [-0.05, 0) is 23.4 Å². The maximum Gasteiger partial charge on any atom is 0.250 e. The Kier molecular flexibility index (Phi) is 8.43. The molecule has 0 saturated carbocycles. The van der Waals surface area contributed by atoms with Crippen LogP contribution < -0.4 is 10.0 Å². The Hall–Kier alpha value is -0.470. The van der Waals surface area contributed by atoms with E-state index >= 15 is 0 Å². The topological polar surface area (TPSA) is 67.4 Å². The molecule has 21 heavy (non-hydrogen) atoms. The fourth-order valence-electron chi connectivity index (χ4n) is 1.58. The molecule has 0 aliphatic rings. The van der Waals surface area contributed by atoms with Crippen LogP contribution in [0.5, 0.6) is 0 Å². The van der Waals surface area contributed by atoms with E-state index in [0.717, 1.165) is 18.4 Å². The van der Waals surface area contributed by atoms with E-state index in [1.54, 1.807) is 6.07 Å². The Balaban J connectivity index is 2.40. The molecule has 0 aliphatic carbocycles. The Morgan fingerprint density at radius 3 is 2.76 bits per heavy atom. The molecule has 0 amide bonds. The fraction of sp³-hybridized carbons (Fsp3) is 0.714. The van der Waals surface area contributed by atoms with Crippen LogP contribution in [-0.4, -0.2) is 34.2 Å². The fourth-order valence-corrected chi connectivity index (χ4v) is 3.84. The number of hydrogen-bond donors (Lipinski definition) is 2. The summed E-state index contributed by atoms with van der Waals surface area (Å²) >= 11 is 1.25. The van der Waals surface area contributed by atoms with Crippen LogP contribution in [0.4, 0.5) is 0 Å². The third-order valence-electron chi connectivity index (χ3n) is 2.79. The summed E-state index contributed by atoms with van der Waals surface area (Å²) in [5, 5.41) is 5.15.